The molecule has 0 unspecified atom stereocenters. The Kier molecular flexibility index (Phi) is 6.03. The number of hydrogen-bond acceptors (Lipinski definition) is 2. The molecule has 1 heterocycles. The number of imidazole rings is 1. The first kappa shape index (κ1) is 19.6. The molecule has 2 N–H and O–H groups in total. The summed E-state index contributed by atoms with van der Waals surface area (Å²) in [4.78, 5) is 8.67. The van der Waals surface area contributed by atoms with Gasteiger partial charge in [0.15, 0.2) is 5.96 Å². The van der Waals surface area contributed by atoms with Gasteiger partial charge >= 0.3 is 0 Å². The molecule has 0 bridgehead atoms. The number of nitrogens with one attached hydrogen (secondary N) is 2. The van der Waals surface area contributed by atoms with E-state index in [1.165, 1.54) is 17.7 Å². The van der Waals surface area contributed by atoms with E-state index in [2.05, 4.69) is 55.5 Å². The fraction of sp³-hybridized carbons (Fsp3) is 0.167. The van der Waals surface area contributed by atoms with Crippen LogP contribution in [0.1, 0.15) is 16.7 Å². The highest BCUT2D eigenvalue weighted by Gasteiger charge is 2.04. The van der Waals surface area contributed by atoms with Crippen molar-refractivity contribution in [1.29, 1.82) is 0 Å². The maximum atomic E-state index is 13.3. The highest BCUT2D eigenvalue weighted by Crippen LogP contribution is 2.14. The Morgan fingerprint density at radius 3 is 2.40 bits per heavy atom. The smallest absolute Gasteiger partial charge is 0.191 e. The van der Waals surface area contributed by atoms with Crippen LogP contribution in [0.25, 0.3) is 11.0 Å². The van der Waals surface area contributed by atoms with E-state index < -0.39 is 0 Å². The zero-order valence-electron chi connectivity index (χ0n) is 16.8. The number of nitrogens with zero attached hydrogens (tertiary/aromatic N) is 3. The van der Waals surface area contributed by atoms with Crippen LogP contribution in [-0.2, 0) is 19.6 Å². The van der Waals surface area contributed by atoms with Gasteiger partial charge in [0.1, 0.15) is 5.82 Å². The third-order valence-corrected chi connectivity index (χ3v) is 4.94. The third kappa shape index (κ3) is 4.84. The van der Waals surface area contributed by atoms with Crippen molar-refractivity contribution >= 4 is 17.0 Å². The van der Waals surface area contributed by atoms with Gasteiger partial charge in [-0.15, -0.1) is 0 Å². The summed E-state index contributed by atoms with van der Waals surface area (Å²) in [6, 6.07) is 23.2. The number of aromatic nitrogens is 2. The predicted molar refractivity (Wildman–Crippen MR) is 119 cm³/mol. The Morgan fingerprint density at radius 1 is 0.900 bits per heavy atom. The zero-order chi connectivity index (χ0) is 20.8. The van der Waals surface area contributed by atoms with E-state index in [0.717, 1.165) is 28.7 Å². The van der Waals surface area contributed by atoms with Crippen LogP contribution >= 0.6 is 0 Å². The molecule has 6 heteroatoms. The van der Waals surface area contributed by atoms with Gasteiger partial charge in [-0.3, -0.25) is 4.99 Å². The SMILES string of the molecule is CN=C(NCc1ccc(Cn2cnc3ccccc32)cc1)NCc1cccc(F)c1. The second-order valence-electron chi connectivity index (χ2n) is 7.09. The summed E-state index contributed by atoms with van der Waals surface area (Å²) >= 11 is 0. The van der Waals surface area contributed by atoms with Crippen LogP contribution in [0.3, 0.4) is 0 Å². The molecule has 0 atom stereocenters. The summed E-state index contributed by atoms with van der Waals surface area (Å²) in [5.41, 5.74) is 5.39. The minimum Gasteiger partial charge on any atom is -0.352 e. The van der Waals surface area contributed by atoms with Crippen molar-refractivity contribution in [3.63, 3.8) is 0 Å². The van der Waals surface area contributed by atoms with E-state index in [0.29, 0.717) is 19.0 Å². The molecule has 152 valence electrons. The minimum absolute atomic E-state index is 0.235. The van der Waals surface area contributed by atoms with Gasteiger partial charge < -0.3 is 15.2 Å². The van der Waals surface area contributed by atoms with Gasteiger partial charge in [0.2, 0.25) is 0 Å². The lowest BCUT2D eigenvalue weighted by Gasteiger charge is -2.12. The summed E-state index contributed by atoms with van der Waals surface area (Å²) in [6.07, 6.45) is 1.88. The number of fused-ring (bicyclic) bond motifs is 1. The van der Waals surface area contributed by atoms with Gasteiger partial charge in [-0.25, -0.2) is 9.37 Å². The van der Waals surface area contributed by atoms with Crippen molar-refractivity contribution < 1.29 is 4.39 Å². The number of guanidine groups is 1. The molecule has 3 aromatic carbocycles. The standard InChI is InChI=1S/C24H24FN5/c1-26-24(28-15-20-5-4-6-21(25)13-20)27-14-18-9-11-19(12-10-18)16-30-17-29-22-7-2-3-8-23(22)30/h2-13,17H,14-16H2,1H3,(H2,26,27,28). The predicted octanol–water partition coefficient (Wildman–Crippen LogP) is 4.09. The Balaban J connectivity index is 1.31. The summed E-state index contributed by atoms with van der Waals surface area (Å²) in [5, 5.41) is 6.49. The van der Waals surface area contributed by atoms with Crippen molar-refractivity contribution in [2.75, 3.05) is 7.05 Å². The maximum Gasteiger partial charge on any atom is 0.191 e. The highest BCUT2D eigenvalue weighted by atomic mass is 19.1. The summed E-state index contributed by atoms with van der Waals surface area (Å²) in [7, 11) is 1.72. The second-order valence-corrected chi connectivity index (χ2v) is 7.09. The number of rotatable bonds is 6. The first-order valence-electron chi connectivity index (χ1n) is 9.88. The fourth-order valence-electron chi connectivity index (χ4n) is 3.33. The quantitative estimate of drug-likeness (QED) is 0.378. The second kappa shape index (κ2) is 9.22. The van der Waals surface area contributed by atoms with Gasteiger partial charge in [-0.2, -0.15) is 0 Å². The first-order valence-corrected chi connectivity index (χ1v) is 9.88. The highest BCUT2D eigenvalue weighted by molar-refractivity contribution is 5.79. The number of para-hydroxylation sites is 2. The lowest BCUT2D eigenvalue weighted by Crippen LogP contribution is -2.36. The van der Waals surface area contributed by atoms with E-state index in [9.17, 15) is 4.39 Å². The average Bonchev–Trinajstić information content (AvgIpc) is 3.18. The molecular weight excluding hydrogens is 377 g/mol. The molecule has 0 radical (unpaired) electrons. The van der Waals surface area contributed by atoms with Gasteiger partial charge in [-0.1, -0.05) is 48.5 Å². The molecule has 0 aliphatic carbocycles. The van der Waals surface area contributed by atoms with Gasteiger partial charge in [0, 0.05) is 26.7 Å². The largest absolute Gasteiger partial charge is 0.352 e. The zero-order valence-corrected chi connectivity index (χ0v) is 16.8. The molecule has 0 saturated heterocycles. The van der Waals surface area contributed by atoms with Gasteiger partial charge in [0.05, 0.1) is 17.4 Å². The molecular formula is C24H24FN5. The van der Waals surface area contributed by atoms with Crippen LogP contribution < -0.4 is 10.6 Å². The molecule has 0 amide bonds. The summed E-state index contributed by atoms with van der Waals surface area (Å²) in [6.45, 7) is 1.94. The lowest BCUT2D eigenvalue weighted by molar-refractivity contribution is 0.624. The molecule has 0 aliphatic rings. The van der Waals surface area contributed by atoms with Crippen molar-refractivity contribution in [2.24, 2.45) is 4.99 Å². The number of halogens is 1. The Bertz CT molecular complexity index is 1150. The monoisotopic (exact) mass is 401 g/mol. The van der Waals surface area contributed by atoms with E-state index in [4.69, 9.17) is 0 Å². The van der Waals surface area contributed by atoms with Crippen LogP contribution in [-0.4, -0.2) is 22.6 Å². The van der Waals surface area contributed by atoms with Gasteiger partial charge in [0.25, 0.3) is 0 Å². The van der Waals surface area contributed by atoms with Gasteiger partial charge in [-0.05, 0) is 41.0 Å². The Morgan fingerprint density at radius 2 is 1.63 bits per heavy atom. The molecule has 0 aliphatic heterocycles. The van der Waals surface area contributed by atoms with Crippen LogP contribution in [0.5, 0.6) is 0 Å². The third-order valence-electron chi connectivity index (χ3n) is 4.94. The normalized spacial score (nSPS) is 11.6. The molecule has 5 nitrogen and oxygen atoms in total. The fourth-order valence-corrected chi connectivity index (χ4v) is 3.33. The number of hydrogen-bond donors (Lipinski definition) is 2. The minimum atomic E-state index is -0.235. The van der Waals surface area contributed by atoms with Crippen molar-refractivity contribution in [1.82, 2.24) is 20.2 Å². The topological polar surface area (TPSA) is 54.2 Å². The molecule has 0 fully saturated rings. The van der Waals surface area contributed by atoms with Crippen molar-refractivity contribution in [3.8, 4) is 0 Å². The number of benzene rings is 3. The maximum absolute atomic E-state index is 13.3. The van der Waals surface area contributed by atoms with Crippen LogP contribution in [0, 0.1) is 5.82 Å². The molecule has 0 saturated carbocycles. The molecule has 30 heavy (non-hydrogen) atoms. The summed E-state index contributed by atoms with van der Waals surface area (Å²) in [5.74, 6) is 0.439. The molecule has 1 aromatic heterocycles. The Labute approximate surface area is 175 Å². The average molecular weight is 401 g/mol. The van der Waals surface area contributed by atoms with Crippen molar-refractivity contribution in [3.05, 3.63) is 102 Å². The Hall–Kier alpha value is -3.67. The van der Waals surface area contributed by atoms with Crippen LogP contribution in [0.2, 0.25) is 0 Å². The number of aliphatic imine (C=N–C) groups is 1. The molecule has 4 rings (SSSR count). The van der Waals surface area contributed by atoms with E-state index in [1.54, 1.807) is 13.1 Å². The van der Waals surface area contributed by atoms with Crippen molar-refractivity contribution in [2.45, 2.75) is 19.6 Å². The summed E-state index contributed by atoms with van der Waals surface area (Å²) < 4.78 is 15.4. The van der Waals surface area contributed by atoms with E-state index in [1.807, 2.05) is 30.6 Å². The molecule has 4 aromatic rings. The first-order chi connectivity index (χ1) is 14.7. The lowest BCUT2D eigenvalue weighted by atomic mass is 10.1. The van der Waals surface area contributed by atoms with E-state index in [-0.39, 0.29) is 5.82 Å². The van der Waals surface area contributed by atoms with E-state index >= 15 is 0 Å². The van der Waals surface area contributed by atoms with Crippen LogP contribution in [0.4, 0.5) is 4.39 Å². The molecule has 0 spiro atoms. The van der Waals surface area contributed by atoms with Crippen LogP contribution in [0.15, 0.2) is 84.1 Å².